The average molecular weight is 435 g/mol. The van der Waals surface area contributed by atoms with Crippen molar-refractivity contribution in [1.82, 2.24) is 0 Å². The van der Waals surface area contributed by atoms with Crippen molar-refractivity contribution in [3.8, 4) is 29.1 Å². The molecule has 3 aromatic rings. The first-order valence-electron chi connectivity index (χ1n) is 9.63. The van der Waals surface area contributed by atoms with Crippen LogP contribution in [0.25, 0.3) is 0 Å². The standard InChI is InChI=1S/C24H18FNO6/c1-15-5-7-18(29-12-16-6-8-21-22(9-16)31-14-30-21)11-20(15)24(13-26,23(27)28)32-19-4-2-3-17(25)10-19/h2-11H,12,14H2,1H3,(H,27,28). The molecular weight excluding hydrogens is 417 g/mol. The average Bonchev–Trinajstić information content (AvgIpc) is 3.25. The van der Waals surface area contributed by atoms with Crippen molar-refractivity contribution < 1.29 is 33.2 Å². The van der Waals surface area contributed by atoms with E-state index in [0.717, 1.165) is 11.6 Å². The van der Waals surface area contributed by atoms with Gasteiger partial charge < -0.3 is 24.1 Å². The van der Waals surface area contributed by atoms with Gasteiger partial charge in [-0.3, -0.25) is 0 Å². The van der Waals surface area contributed by atoms with E-state index in [0.29, 0.717) is 22.8 Å². The molecule has 0 spiro atoms. The summed E-state index contributed by atoms with van der Waals surface area (Å²) in [4.78, 5) is 12.2. The fourth-order valence-electron chi connectivity index (χ4n) is 3.32. The number of rotatable bonds is 7. The molecule has 8 heteroatoms. The van der Waals surface area contributed by atoms with Crippen LogP contribution in [0.2, 0.25) is 0 Å². The lowest BCUT2D eigenvalue weighted by Crippen LogP contribution is -2.41. The van der Waals surface area contributed by atoms with E-state index >= 15 is 0 Å². The summed E-state index contributed by atoms with van der Waals surface area (Å²) in [7, 11) is 0. The molecule has 1 N–H and O–H groups in total. The fraction of sp³-hybridized carbons (Fsp3) is 0.167. The lowest BCUT2D eigenvalue weighted by Gasteiger charge is -2.26. The van der Waals surface area contributed by atoms with Crippen LogP contribution >= 0.6 is 0 Å². The zero-order valence-electron chi connectivity index (χ0n) is 17.0. The Morgan fingerprint density at radius 1 is 1.12 bits per heavy atom. The smallest absolute Gasteiger partial charge is 0.368 e. The minimum absolute atomic E-state index is 0.0833. The highest BCUT2D eigenvalue weighted by Crippen LogP contribution is 2.35. The number of nitriles is 1. The van der Waals surface area contributed by atoms with Crippen molar-refractivity contribution in [1.29, 1.82) is 5.26 Å². The first-order valence-corrected chi connectivity index (χ1v) is 9.63. The van der Waals surface area contributed by atoms with Crippen molar-refractivity contribution in [2.24, 2.45) is 0 Å². The highest BCUT2D eigenvalue weighted by molar-refractivity contribution is 5.84. The minimum atomic E-state index is -2.39. The molecule has 1 heterocycles. The van der Waals surface area contributed by atoms with E-state index in [-0.39, 0.29) is 24.7 Å². The number of ether oxygens (including phenoxy) is 4. The number of carboxylic acid groups (broad SMARTS) is 1. The lowest BCUT2D eigenvalue weighted by molar-refractivity contribution is -0.151. The molecule has 1 aliphatic heterocycles. The largest absolute Gasteiger partial charge is 0.489 e. The van der Waals surface area contributed by atoms with Crippen LogP contribution in [-0.2, 0) is 17.0 Å². The Bertz CT molecular complexity index is 1220. The van der Waals surface area contributed by atoms with Crippen LogP contribution in [0, 0.1) is 24.1 Å². The maximum Gasteiger partial charge on any atom is 0.368 e. The van der Waals surface area contributed by atoms with Gasteiger partial charge >= 0.3 is 11.6 Å². The number of carbonyl (C=O) groups is 1. The van der Waals surface area contributed by atoms with Crippen LogP contribution in [0.5, 0.6) is 23.0 Å². The molecule has 7 nitrogen and oxygen atoms in total. The van der Waals surface area contributed by atoms with Gasteiger partial charge in [0.05, 0.1) is 0 Å². The fourth-order valence-corrected chi connectivity index (χ4v) is 3.32. The Morgan fingerprint density at radius 3 is 2.69 bits per heavy atom. The molecule has 0 amide bonds. The number of hydrogen-bond acceptors (Lipinski definition) is 6. The topological polar surface area (TPSA) is 98.0 Å². The molecular formula is C24H18FNO6. The van der Waals surface area contributed by atoms with E-state index in [2.05, 4.69) is 0 Å². The van der Waals surface area contributed by atoms with Crippen LogP contribution < -0.4 is 18.9 Å². The van der Waals surface area contributed by atoms with Crippen molar-refractivity contribution >= 4 is 5.97 Å². The first kappa shape index (κ1) is 21.0. The quantitative estimate of drug-likeness (QED) is 0.590. The van der Waals surface area contributed by atoms with Gasteiger partial charge in [-0.15, -0.1) is 0 Å². The van der Waals surface area contributed by atoms with E-state index in [4.69, 9.17) is 18.9 Å². The molecule has 0 saturated heterocycles. The Morgan fingerprint density at radius 2 is 1.94 bits per heavy atom. The number of halogens is 1. The highest BCUT2D eigenvalue weighted by Gasteiger charge is 2.45. The number of nitrogens with zero attached hydrogens (tertiary/aromatic N) is 1. The summed E-state index contributed by atoms with van der Waals surface area (Å²) in [5, 5.41) is 19.7. The third kappa shape index (κ3) is 4.01. The van der Waals surface area contributed by atoms with Crippen LogP contribution in [0.1, 0.15) is 16.7 Å². The molecule has 32 heavy (non-hydrogen) atoms. The number of carboxylic acids is 1. The van der Waals surface area contributed by atoms with E-state index in [1.54, 1.807) is 37.3 Å². The van der Waals surface area contributed by atoms with Gasteiger partial charge in [0.15, 0.2) is 11.5 Å². The molecule has 3 aromatic carbocycles. The van der Waals surface area contributed by atoms with Crippen LogP contribution in [0.4, 0.5) is 4.39 Å². The summed E-state index contributed by atoms with van der Waals surface area (Å²) in [6.07, 6.45) is 0. The van der Waals surface area contributed by atoms with E-state index in [9.17, 15) is 19.6 Å². The SMILES string of the molecule is Cc1ccc(OCc2ccc3c(c2)OCO3)cc1C(C#N)(Oc1cccc(F)c1)C(=O)O. The maximum atomic E-state index is 13.6. The van der Waals surface area contributed by atoms with Crippen molar-refractivity contribution in [2.45, 2.75) is 19.1 Å². The Kier molecular flexibility index (Phi) is 5.56. The van der Waals surface area contributed by atoms with Crippen LogP contribution in [-0.4, -0.2) is 17.9 Å². The third-order valence-electron chi connectivity index (χ3n) is 4.96. The highest BCUT2D eigenvalue weighted by atomic mass is 19.1. The summed E-state index contributed by atoms with van der Waals surface area (Å²) in [6.45, 7) is 2.00. The second-order valence-corrected chi connectivity index (χ2v) is 7.11. The lowest BCUT2D eigenvalue weighted by atomic mass is 9.90. The molecule has 0 aromatic heterocycles. The number of benzene rings is 3. The van der Waals surface area contributed by atoms with Crippen LogP contribution in [0.15, 0.2) is 60.7 Å². The first-order chi connectivity index (χ1) is 15.4. The summed E-state index contributed by atoms with van der Waals surface area (Å²) < 4.78 is 35.6. The molecule has 0 aliphatic carbocycles. The molecule has 4 rings (SSSR count). The third-order valence-corrected chi connectivity index (χ3v) is 4.96. The summed E-state index contributed by atoms with van der Waals surface area (Å²) in [5.74, 6) is -0.612. The Labute approximate surface area is 183 Å². The van der Waals surface area contributed by atoms with Gasteiger partial charge in [-0.05, 0) is 54.4 Å². The van der Waals surface area contributed by atoms with E-state index < -0.39 is 17.4 Å². The van der Waals surface area contributed by atoms with Crippen LogP contribution in [0.3, 0.4) is 0 Å². The second-order valence-electron chi connectivity index (χ2n) is 7.11. The van der Waals surface area contributed by atoms with Gasteiger partial charge in [-0.2, -0.15) is 5.26 Å². The predicted molar refractivity (Wildman–Crippen MR) is 110 cm³/mol. The van der Waals surface area contributed by atoms with Gasteiger partial charge in [-0.1, -0.05) is 18.2 Å². The van der Waals surface area contributed by atoms with E-state index in [1.165, 1.54) is 24.3 Å². The molecule has 0 bridgehead atoms. The van der Waals surface area contributed by atoms with Crippen molar-refractivity contribution in [2.75, 3.05) is 6.79 Å². The second kappa shape index (κ2) is 8.47. The molecule has 1 unspecified atom stereocenters. The molecule has 0 radical (unpaired) electrons. The van der Waals surface area contributed by atoms with Gasteiger partial charge in [0.25, 0.3) is 0 Å². The van der Waals surface area contributed by atoms with Gasteiger partial charge in [0.1, 0.15) is 30.0 Å². The zero-order chi connectivity index (χ0) is 22.7. The molecule has 162 valence electrons. The summed E-state index contributed by atoms with van der Waals surface area (Å²) >= 11 is 0. The van der Waals surface area contributed by atoms with Gasteiger partial charge in [0.2, 0.25) is 6.79 Å². The van der Waals surface area contributed by atoms with Gasteiger partial charge in [-0.25, -0.2) is 9.18 Å². The monoisotopic (exact) mass is 435 g/mol. The minimum Gasteiger partial charge on any atom is -0.489 e. The zero-order valence-corrected chi connectivity index (χ0v) is 17.0. The number of aliphatic carboxylic acids is 1. The van der Waals surface area contributed by atoms with Crippen molar-refractivity contribution in [3.63, 3.8) is 0 Å². The summed E-state index contributed by atoms with van der Waals surface area (Å²) in [5.41, 5.74) is -0.992. The number of aryl methyl sites for hydroxylation is 1. The summed E-state index contributed by atoms with van der Waals surface area (Å²) in [6, 6.07) is 16.8. The Balaban J connectivity index is 1.63. The predicted octanol–water partition coefficient (Wildman–Crippen LogP) is 4.32. The molecule has 1 atom stereocenters. The molecule has 1 aliphatic rings. The number of hydrogen-bond donors (Lipinski definition) is 1. The van der Waals surface area contributed by atoms with Gasteiger partial charge in [0, 0.05) is 11.6 Å². The normalized spacial score (nSPS) is 13.7. The molecule has 0 saturated carbocycles. The van der Waals surface area contributed by atoms with Crippen molar-refractivity contribution in [3.05, 3.63) is 83.2 Å². The number of fused-ring (bicyclic) bond motifs is 1. The maximum absolute atomic E-state index is 13.6. The molecule has 0 fully saturated rings. The van der Waals surface area contributed by atoms with E-state index in [1.807, 2.05) is 6.07 Å². The Hall–Kier alpha value is -4.25.